The second-order valence-electron chi connectivity index (χ2n) is 5.55. The third-order valence-electron chi connectivity index (χ3n) is 3.72. The summed E-state index contributed by atoms with van der Waals surface area (Å²) in [5.41, 5.74) is 5.13. The van der Waals surface area contributed by atoms with Gasteiger partial charge in [-0.25, -0.2) is 4.98 Å². The molecule has 0 atom stereocenters. The molecule has 1 aromatic heterocycles. The molecule has 2 aromatic rings. The van der Waals surface area contributed by atoms with E-state index >= 15 is 0 Å². The van der Waals surface area contributed by atoms with Crippen LogP contribution in [0.3, 0.4) is 0 Å². The Kier molecular flexibility index (Phi) is 5.34. The van der Waals surface area contributed by atoms with E-state index in [0.29, 0.717) is 0 Å². The second-order valence-corrected chi connectivity index (χ2v) is 5.55. The van der Waals surface area contributed by atoms with Crippen molar-refractivity contribution in [1.29, 1.82) is 0 Å². The molecule has 2 rings (SSSR count). The Hall–Kier alpha value is -1.87. The molecule has 21 heavy (non-hydrogen) atoms. The summed E-state index contributed by atoms with van der Waals surface area (Å²) in [5.74, 6) is 1.05. The fraction of sp³-hybridized carbons (Fsp3) is 0.389. The molecule has 1 N–H and O–H groups in total. The van der Waals surface area contributed by atoms with Gasteiger partial charge in [0, 0.05) is 26.3 Å². The summed E-state index contributed by atoms with van der Waals surface area (Å²) in [6.45, 7) is 9.15. The molecule has 1 heterocycles. The maximum Gasteiger partial charge on any atom is 0.131 e. The standard InChI is InChI=1S/C18H25N3/c1-5-19-11-16-10-15(3)18(20-12-16)21(4)13-17-9-7-6-8-14(17)2/h6-10,12,19H,5,11,13H2,1-4H3. The average Bonchev–Trinajstić information content (AvgIpc) is 2.47. The molecular formula is C18H25N3. The third kappa shape index (κ3) is 4.05. The number of anilines is 1. The van der Waals surface area contributed by atoms with Crippen LogP contribution in [0, 0.1) is 13.8 Å². The minimum absolute atomic E-state index is 0.881. The highest BCUT2D eigenvalue weighted by Crippen LogP contribution is 2.20. The van der Waals surface area contributed by atoms with E-state index in [1.807, 2.05) is 6.20 Å². The quantitative estimate of drug-likeness (QED) is 0.880. The smallest absolute Gasteiger partial charge is 0.131 e. The van der Waals surface area contributed by atoms with Crippen LogP contribution in [0.5, 0.6) is 0 Å². The van der Waals surface area contributed by atoms with Crippen molar-refractivity contribution in [1.82, 2.24) is 10.3 Å². The van der Waals surface area contributed by atoms with Gasteiger partial charge in [0.25, 0.3) is 0 Å². The van der Waals surface area contributed by atoms with Crippen LogP contribution in [-0.4, -0.2) is 18.6 Å². The number of aromatic nitrogens is 1. The van der Waals surface area contributed by atoms with E-state index in [4.69, 9.17) is 0 Å². The van der Waals surface area contributed by atoms with Gasteiger partial charge >= 0.3 is 0 Å². The summed E-state index contributed by atoms with van der Waals surface area (Å²) in [4.78, 5) is 6.86. The van der Waals surface area contributed by atoms with Crippen LogP contribution in [0.4, 0.5) is 5.82 Å². The van der Waals surface area contributed by atoms with Crippen molar-refractivity contribution >= 4 is 5.82 Å². The van der Waals surface area contributed by atoms with E-state index in [1.165, 1.54) is 22.3 Å². The maximum atomic E-state index is 4.64. The molecule has 0 saturated carbocycles. The monoisotopic (exact) mass is 283 g/mol. The Bertz CT molecular complexity index is 593. The summed E-state index contributed by atoms with van der Waals surface area (Å²) in [5, 5.41) is 3.33. The van der Waals surface area contributed by atoms with E-state index < -0.39 is 0 Å². The Morgan fingerprint density at radius 3 is 2.57 bits per heavy atom. The topological polar surface area (TPSA) is 28.2 Å². The summed E-state index contributed by atoms with van der Waals surface area (Å²) in [6.07, 6.45) is 1.97. The maximum absolute atomic E-state index is 4.64. The number of aryl methyl sites for hydroxylation is 2. The number of hydrogen-bond donors (Lipinski definition) is 1. The van der Waals surface area contributed by atoms with Crippen LogP contribution < -0.4 is 10.2 Å². The predicted octanol–water partition coefficient (Wildman–Crippen LogP) is 3.44. The van der Waals surface area contributed by atoms with E-state index in [0.717, 1.165) is 25.5 Å². The molecule has 3 nitrogen and oxygen atoms in total. The highest BCUT2D eigenvalue weighted by Gasteiger charge is 2.09. The van der Waals surface area contributed by atoms with Crippen LogP contribution in [-0.2, 0) is 13.1 Å². The number of nitrogens with one attached hydrogen (secondary N) is 1. The zero-order valence-corrected chi connectivity index (χ0v) is 13.5. The van der Waals surface area contributed by atoms with Crippen molar-refractivity contribution in [3.63, 3.8) is 0 Å². The van der Waals surface area contributed by atoms with Crippen LogP contribution in [0.25, 0.3) is 0 Å². The van der Waals surface area contributed by atoms with E-state index in [9.17, 15) is 0 Å². The Morgan fingerprint density at radius 1 is 1.14 bits per heavy atom. The number of benzene rings is 1. The normalized spacial score (nSPS) is 10.7. The lowest BCUT2D eigenvalue weighted by atomic mass is 10.1. The van der Waals surface area contributed by atoms with Crippen molar-refractivity contribution in [3.8, 4) is 0 Å². The minimum atomic E-state index is 0.881. The van der Waals surface area contributed by atoms with Gasteiger partial charge in [-0.05, 0) is 48.7 Å². The largest absolute Gasteiger partial charge is 0.355 e. The molecule has 1 aromatic carbocycles. The number of rotatable bonds is 6. The van der Waals surface area contributed by atoms with Crippen LogP contribution in [0.2, 0.25) is 0 Å². The highest BCUT2D eigenvalue weighted by atomic mass is 15.2. The Labute approximate surface area is 128 Å². The molecule has 0 spiro atoms. The SMILES string of the molecule is CCNCc1cnc(N(C)Cc2ccccc2C)c(C)c1. The molecule has 0 fully saturated rings. The minimum Gasteiger partial charge on any atom is -0.355 e. The average molecular weight is 283 g/mol. The highest BCUT2D eigenvalue weighted by molar-refractivity contribution is 5.47. The van der Waals surface area contributed by atoms with Gasteiger partial charge in [-0.3, -0.25) is 0 Å². The first-order valence-electron chi connectivity index (χ1n) is 7.53. The number of hydrogen-bond acceptors (Lipinski definition) is 3. The summed E-state index contributed by atoms with van der Waals surface area (Å²) >= 11 is 0. The zero-order valence-electron chi connectivity index (χ0n) is 13.5. The fourth-order valence-corrected chi connectivity index (χ4v) is 2.51. The van der Waals surface area contributed by atoms with E-state index in [1.54, 1.807) is 0 Å². The molecule has 0 aliphatic rings. The predicted molar refractivity (Wildman–Crippen MR) is 89.6 cm³/mol. The van der Waals surface area contributed by atoms with E-state index in [-0.39, 0.29) is 0 Å². The van der Waals surface area contributed by atoms with Gasteiger partial charge in [-0.15, -0.1) is 0 Å². The molecule has 0 aliphatic heterocycles. The van der Waals surface area contributed by atoms with Gasteiger partial charge in [0.1, 0.15) is 5.82 Å². The summed E-state index contributed by atoms with van der Waals surface area (Å²) in [6, 6.07) is 10.7. The van der Waals surface area contributed by atoms with Crippen molar-refractivity contribution < 1.29 is 0 Å². The van der Waals surface area contributed by atoms with E-state index in [2.05, 4.69) is 73.4 Å². The molecule has 0 unspecified atom stereocenters. The summed E-state index contributed by atoms with van der Waals surface area (Å²) in [7, 11) is 2.10. The number of nitrogens with zero attached hydrogens (tertiary/aromatic N) is 2. The van der Waals surface area contributed by atoms with Crippen LogP contribution in [0.1, 0.15) is 29.2 Å². The van der Waals surface area contributed by atoms with Gasteiger partial charge in [-0.1, -0.05) is 31.2 Å². The lowest BCUT2D eigenvalue weighted by molar-refractivity contribution is 0.723. The fourth-order valence-electron chi connectivity index (χ4n) is 2.51. The van der Waals surface area contributed by atoms with Gasteiger partial charge in [0.15, 0.2) is 0 Å². The van der Waals surface area contributed by atoms with Gasteiger partial charge in [0.05, 0.1) is 0 Å². The van der Waals surface area contributed by atoms with Crippen molar-refractivity contribution in [3.05, 3.63) is 58.8 Å². The summed E-state index contributed by atoms with van der Waals surface area (Å²) < 4.78 is 0. The molecular weight excluding hydrogens is 258 g/mol. The Balaban J connectivity index is 2.12. The molecule has 0 bridgehead atoms. The first-order valence-corrected chi connectivity index (χ1v) is 7.53. The lowest BCUT2D eigenvalue weighted by Gasteiger charge is -2.21. The molecule has 0 amide bonds. The van der Waals surface area contributed by atoms with Crippen molar-refractivity contribution in [2.45, 2.75) is 33.9 Å². The van der Waals surface area contributed by atoms with Gasteiger partial charge in [0.2, 0.25) is 0 Å². The third-order valence-corrected chi connectivity index (χ3v) is 3.72. The van der Waals surface area contributed by atoms with Gasteiger partial charge < -0.3 is 10.2 Å². The first kappa shape index (κ1) is 15.5. The molecule has 112 valence electrons. The van der Waals surface area contributed by atoms with Crippen molar-refractivity contribution in [2.75, 3.05) is 18.5 Å². The van der Waals surface area contributed by atoms with Crippen LogP contribution >= 0.6 is 0 Å². The molecule has 0 aliphatic carbocycles. The van der Waals surface area contributed by atoms with Crippen LogP contribution in [0.15, 0.2) is 36.5 Å². The van der Waals surface area contributed by atoms with Gasteiger partial charge in [-0.2, -0.15) is 0 Å². The molecule has 0 radical (unpaired) electrons. The zero-order chi connectivity index (χ0) is 15.2. The Morgan fingerprint density at radius 2 is 1.90 bits per heavy atom. The molecule has 0 saturated heterocycles. The number of pyridine rings is 1. The van der Waals surface area contributed by atoms with Crippen molar-refractivity contribution in [2.24, 2.45) is 0 Å². The molecule has 3 heteroatoms. The lowest BCUT2D eigenvalue weighted by Crippen LogP contribution is -2.20. The first-order chi connectivity index (χ1) is 10.1. The second kappa shape index (κ2) is 7.23.